The third-order valence-electron chi connectivity index (χ3n) is 3.42. The summed E-state index contributed by atoms with van der Waals surface area (Å²) in [6, 6.07) is 12.7. The smallest absolute Gasteiger partial charge is 0.257 e. The number of thiocarbonyl (C=S) groups is 1. The minimum absolute atomic E-state index is 0.233. The molecule has 2 aromatic rings. The van der Waals surface area contributed by atoms with Crippen LogP contribution >= 0.6 is 28.1 Å². The Labute approximate surface area is 167 Å². The predicted molar refractivity (Wildman–Crippen MR) is 111 cm³/mol. The minimum atomic E-state index is -0.286. The lowest BCUT2D eigenvalue weighted by molar-refractivity contribution is 0.0977. The van der Waals surface area contributed by atoms with E-state index in [1.165, 1.54) is 0 Å². The third kappa shape index (κ3) is 6.40. The molecule has 0 radical (unpaired) electrons. The van der Waals surface area contributed by atoms with Gasteiger partial charge in [-0.25, -0.2) is 0 Å². The molecule has 0 atom stereocenters. The van der Waals surface area contributed by atoms with Crippen LogP contribution in [0.4, 0.5) is 5.69 Å². The monoisotopic (exact) mass is 436 g/mol. The van der Waals surface area contributed by atoms with E-state index in [0.29, 0.717) is 31.1 Å². The molecule has 1 amide bonds. The van der Waals surface area contributed by atoms with Gasteiger partial charge in [0.25, 0.3) is 5.91 Å². The first-order chi connectivity index (χ1) is 12.5. The van der Waals surface area contributed by atoms with Crippen LogP contribution < -0.4 is 15.4 Å². The lowest BCUT2D eigenvalue weighted by atomic mass is 10.2. The number of benzene rings is 2. The van der Waals surface area contributed by atoms with Crippen molar-refractivity contribution in [2.45, 2.75) is 13.8 Å². The molecule has 0 fully saturated rings. The Bertz CT molecular complexity index is 766. The molecule has 0 aromatic heterocycles. The van der Waals surface area contributed by atoms with Crippen LogP contribution in [-0.4, -0.2) is 30.8 Å². The van der Waals surface area contributed by atoms with E-state index in [1.54, 1.807) is 24.3 Å². The molecule has 2 rings (SSSR count). The highest BCUT2D eigenvalue weighted by molar-refractivity contribution is 9.10. The number of nitrogens with one attached hydrogen (secondary N) is 2. The normalized spacial score (nSPS) is 10.3. The van der Waals surface area contributed by atoms with Crippen LogP contribution in [0, 0.1) is 6.92 Å². The summed E-state index contributed by atoms with van der Waals surface area (Å²) in [5, 5.41) is 5.90. The van der Waals surface area contributed by atoms with E-state index in [0.717, 1.165) is 15.7 Å². The molecular weight excluding hydrogens is 416 g/mol. The Balaban J connectivity index is 1.87. The van der Waals surface area contributed by atoms with Gasteiger partial charge in [-0.1, -0.05) is 6.07 Å². The molecule has 7 heteroatoms. The molecule has 138 valence electrons. The lowest BCUT2D eigenvalue weighted by Crippen LogP contribution is -2.34. The van der Waals surface area contributed by atoms with Gasteiger partial charge in [0.1, 0.15) is 12.4 Å². The zero-order valence-corrected chi connectivity index (χ0v) is 17.1. The van der Waals surface area contributed by atoms with Gasteiger partial charge in [0, 0.05) is 16.6 Å². The van der Waals surface area contributed by atoms with E-state index < -0.39 is 0 Å². The first-order valence-corrected chi connectivity index (χ1v) is 9.39. The first kappa shape index (κ1) is 20.4. The van der Waals surface area contributed by atoms with Crippen LogP contribution in [-0.2, 0) is 4.74 Å². The maximum absolute atomic E-state index is 12.3. The molecule has 0 aliphatic carbocycles. The lowest BCUT2D eigenvalue weighted by Gasteiger charge is -2.12. The van der Waals surface area contributed by atoms with Crippen LogP contribution in [0.15, 0.2) is 46.9 Å². The van der Waals surface area contributed by atoms with Gasteiger partial charge in [0.05, 0.1) is 12.3 Å². The fraction of sp³-hybridized carbons (Fsp3) is 0.263. The van der Waals surface area contributed by atoms with Gasteiger partial charge >= 0.3 is 0 Å². The number of anilines is 1. The van der Waals surface area contributed by atoms with Gasteiger partial charge in [0.15, 0.2) is 5.11 Å². The molecule has 0 saturated carbocycles. The Hall–Kier alpha value is -1.96. The van der Waals surface area contributed by atoms with Gasteiger partial charge in [-0.15, -0.1) is 0 Å². The number of halogens is 1. The number of carbonyl (C=O) groups is 1. The minimum Gasteiger partial charge on any atom is -0.491 e. The van der Waals surface area contributed by atoms with Crippen molar-refractivity contribution in [2.24, 2.45) is 0 Å². The van der Waals surface area contributed by atoms with E-state index >= 15 is 0 Å². The molecule has 0 heterocycles. The Morgan fingerprint density at radius 2 is 1.88 bits per heavy atom. The molecule has 0 bridgehead atoms. The van der Waals surface area contributed by atoms with Crippen LogP contribution in [0.1, 0.15) is 22.8 Å². The standard InChI is InChI=1S/C19H21BrN2O3S/c1-3-24-10-11-25-15-7-5-14(6-8-15)18(23)22-19(26)21-17-9-4-13(2)12-16(17)20/h4-9,12H,3,10-11H2,1-2H3,(H2,21,22,23,26). The fourth-order valence-corrected chi connectivity index (χ4v) is 2.91. The molecule has 0 saturated heterocycles. The van der Waals surface area contributed by atoms with Crippen molar-refractivity contribution in [3.63, 3.8) is 0 Å². The van der Waals surface area contributed by atoms with Crippen molar-refractivity contribution < 1.29 is 14.3 Å². The van der Waals surface area contributed by atoms with Crippen LogP contribution in [0.5, 0.6) is 5.75 Å². The van der Waals surface area contributed by atoms with Crippen molar-refractivity contribution in [1.82, 2.24) is 5.32 Å². The van der Waals surface area contributed by atoms with Crippen LogP contribution in [0.2, 0.25) is 0 Å². The number of carbonyl (C=O) groups excluding carboxylic acids is 1. The number of ether oxygens (including phenoxy) is 2. The van der Waals surface area contributed by atoms with E-state index in [9.17, 15) is 4.79 Å². The highest BCUT2D eigenvalue weighted by atomic mass is 79.9. The molecular formula is C19H21BrN2O3S. The van der Waals surface area contributed by atoms with Crippen molar-refractivity contribution in [2.75, 3.05) is 25.1 Å². The number of amides is 1. The molecule has 0 aliphatic rings. The second-order valence-corrected chi connectivity index (χ2v) is 6.72. The van der Waals surface area contributed by atoms with Crippen LogP contribution in [0.25, 0.3) is 0 Å². The van der Waals surface area contributed by atoms with E-state index in [4.69, 9.17) is 21.7 Å². The Morgan fingerprint density at radius 1 is 1.15 bits per heavy atom. The summed E-state index contributed by atoms with van der Waals surface area (Å²) in [7, 11) is 0. The van der Waals surface area contributed by atoms with E-state index in [2.05, 4.69) is 26.6 Å². The molecule has 5 nitrogen and oxygen atoms in total. The van der Waals surface area contributed by atoms with Gasteiger partial charge in [-0.05, 0) is 84.0 Å². The van der Waals surface area contributed by atoms with Crippen molar-refractivity contribution in [3.8, 4) is 5.75 Å². The number of aryl methyl sites for hydroxylation is 1. The van der Waals surface area contributed by atoms with Crippen molar-refractivity contribution in [1.29, 1.82) is 0 Å². The largest absolute Gasteiger partial charge is 0.491 e. The zero-order chi connectivity index (χ0) is 18.9. The number of hydrogen-bond acceptors (Lipinski definition) is 4. The molecule has 0 unspecified atom stereocenters. The molecule has 2 N–H and O–H groups in total. The summed E-state index contributed by atoms with van der Waals surface area (Å²) >= 11 is 8.68. The topological polar surface area (TPSA) is 59.6 Å². The van der Waals surface area contributed by atoms with Gasteiger partial charge in [-0.2, -0.15) is 0 Å². The summed E-state index contributed by atoms with van der Waals surface area (Å²) in [5.41, 5.74) is 2.41. The highest BCUT2D eigenvalue weighted by Gasteiger charge is 2.09. The Kier molecular flexibility index (Phi) is 8.03. The van der Waals surface area contributed by atoms with E-state index in [1.807, 2.05) is 32.0 Å². The quantitative estimate of drug-likeness (QED) is 0.500. The summed E-state index contributed by atoms with van der Waals surface area (Å²) < 4.78 is 11.6. The fourth-order valence-electron chi connectivity index (χ4n) is 2.12. The SMILES string of the molecule is CCOCCOc1ccc(C(=O)NC(=S)Nc2ccc(C)cc2Br)cc1. The summed E-state index contributed by atoms with van der Waals surface area (Å²) in [5.74, 6) is 0.400. The summed E-state index contributed by atoms with van der Waals surface area (Å²) in [4.78, 5) is 12.3. The first-order valence-electron chi connectivity index (χ1n) is 8.18. The van der Waals surface area contributed by atoms with Gasteiger partial charge in [-0.3, -0.25) is 10.1 Å². The third-order valence-corrected chi connectivity index (χ3v) is 4.28. The molecule has 26 heavy (non-hydrogen) atoms. The molecule has 0 spiro atoms. The van der Waals surface area contributed by atoms with Gasteiger partial charge < -0.3 is 14.8 Å². The maximum Gasteiger partial charge on any atom is 0.257 e. The predicted octanol–water partition coefficient (Wildman–Crippen LogP) is 4.30. The van der Waals surface area contributed by atoms with Crippen molar-refractivity contribution in [3.05, 3.63) is 58.1 Å². The maximum atomic E-state index is 12.3. The average Bonchev–Trinajstić information content (AvgIpc) is 2.61. The van der Waals surface area contributed by atoms with Gasteiger partial charge in [0.2, 0.25) is 0 Å². The summed E-state index contributed by atoms with van der Waals surface area (Å²) in [6.45, 7) is 5.60. The number of hydrogen-bond donors (Lipinski definition) is 2. The average molecular weight is 437 g/mol. The molecule has 0 aliphatic heterocycles. The molecule has 2 aromatic carbocycles. The summed E-state index contributed by atoms with van der Waals surface area (Å²) in [6.07, 6.45) is 0. The number of rotatable bonds is 7. The second-order valence-electron chi connectivity index (χ2n) is 5.46. The van der Waals surface area contributed by atoms with E-state index in [-0.39, 0.29) is 11.0 Å². The van der Waals surface area contributed by atoms with Crippen molar-refractivity contribution >= 4 is 44.9 Å². The zero-order valence-electron chi connectivity index (χ0n) is 14.7. The van der Waals surface area contributed by atoms with Crippen LogP contribution in [0.3, 0.4) is 0 Å². The second kappa shape index (κ2) is 10.3. The Morgan fingerprint density at radius 3 is 2.54 bits per heavy atom. The highest BCUT2D eigenvalue weighted by Crippen LogP contribution is 2.23.